The maximum Gasteiger partial charge on any atom is 0.154 e. The van der Waals surface area contributed by atoms with Crippen LogP contribution < -0.4 is 0 Å². The van der Waals surface area contributed by atoms with E-state index in [1.54, 1.807) is 0 Å². The second-order valence-corrected chi connectivity index (χ2v) is 2.86. The van der Waals surface area contributed by atoms with E-state index in [1.165, 1.54) is 0 Å². The molecule has 0 spiro atoms. The molecule has 1 saturated heterocycles. The van der Waals surface area contributed by atoms with E-state index >= 15 is 0 Å². The molecule has 0 aliphatic carbocycles. The normalized spacial score (nSPS) is 34.2. The summed E-state index contributed by atoms with van der Waals surface area (Å²) in [5.74, 6) is 0. The average Bonchev–Trinajstić information content (AvgIpc) is 2.16. The van der Waals surface area contributed by atoms with Gasteiger partial charge in [0.2, 0.25) is 0 Å². The molecular formula is C6H8ClNO. The summed E-state index contributed by atoms with van der Waals surface area (Å²) in [6.07, 6.45) is 2.09. The quantitative estimate of drug-likeness (QED) is 0.526. The highest BCUT2D eigenvalue weighted by atomic mass is 35.5. The van der Waals surface area contributed by atoms with Gasteiger partial charge in [-0.3, -0.25) is 0 Å². The lowest BCUT2D eigenvalue weighted by Gasteiger charge is -2.14. The van der Waals surface area contributed by atoms with Gasteiger partial charge in [-0.05, 0) is 12.8 Å². The molecule has 1 rings (SSSR count). The molecule has 0 radical (unpaired) electrons. The van der Waals surface area contributed by atoms with Crippen LogP contribution in [0.3, 0.4) is 0 Å². The highest BCUT2D eigenvalue weighted by molar-refractivity contribution is 6.23. The molecule has 1 heterocycles. The van der Waals surface area contributed by atoms with Gasteiger partial charge in [-0.15, -0.1) is 0 Å². The molecule has 2 nitrogen and oxygen atoms in total. The minimum absolute atomic E-state index is 0.300. The Morgan fingerprint density at radius 2 is 2.56 bits per heavy atom. The van der Waals surface area contributed by atoms with Crippen LogP contribution in [0.25, 0.3) is 0 Å². The van der Waals surface area contributed by atoms with Gasteiger partial charge in [-0.1, -0.05) is 11.6 Å². The summed E-state index contributed by atoms with van der Waals surface area (Å²) in [6, 6.07) is 1.99. The molecule has 1 aliphatic rings. The van der Waals surface area contributed by atoms with E-state index < -0.39 is 5.06 Å². The Morgan fingerprint density at radius 1 is 1.78 bits per heavy atom. The first-order valence-electron chi connectivity index (χ1n) is 2.97. The van der Waals surface area contributed by atoms with Gasteiger partial charge in [0.25, 0.3) is 0 Å². The van der Waals surface area contributed by atoms with Gasteiger partial charge in [-0.2, -0.15) is 5.26 Å². The lowest BCUT2D eigenvalue weighted by atomic mass is 10.2. The summed E-state index contributed by atoms with van der Waals surface area (Å²) >= 11 is 5.83. The van der Waals surface area contributed by atoms with E-state index in [-0.39, 0.29) is 0 Å². The zero-order valence-electron chi connectivity index (χ0n) is 5.06. The van der Waals surface area contributed by atoms with Crippen LogP contribution in [0.5, 0.6) is 0 Å². The molecule has 0 saturated carbocycles. The molecule has 1 atom stereocenters. The Morgan fingerprint density at radius 3 is 3.00 bits per heavy atom. The third-order valence-corrected chi connectivity index (χ3v) is 1.83. The van der Waals surface area contributed by atoms with Crippen LogP contribution in [0.15, 0.2) is 0 Å². The fourth-order valence-corrected chi connectivity index (χ4v) is 1.19. The standard InChI is InChI=1S/C6H8ClNO/c7-6(3-4-8)2-1-5-9-6/h1-3,5H2. The van der Waals surface area contributed by atoms with Crippen LogP contribution in [0.4, 0.5) is 0 Å². The fraction of sp³-hybridized carbons (Fsp3) is 0.833. The van der Waals surface area contributed by atoms with Crippen LogP contribution in [0.1, 0.15) is 19.3 Å². The van der Waals surface area contributed by atoms with Crippen molar-refractivity contribution < 1.29 is 4.74 Å². The number of nitriles is 1. The predicted octanol–water partition coefficient (Wildman–Crippen LogP) is 1.65. The number of hydrogen-bond donors (Lipinski definition) is 0. The first-order chi connectivity index (χ1) is 4.27. The van der Waals surface area contributed by atoms with E-state index in [2.05, 4.69) is 0 Å². The van der Waals surface area contributed by atoms with Crippen molar-refractivity contribution in [1.82, 2.24) is 0 Å². The van der Waals surface area contributed by atoms with E-state index in [1.807, 2.05) is 6.07 Å². The summed E-state index contributed by atoms with van der Waals surface area (Å²) in [5, 5.41) is 7.63. The third-order valence-electron chi connectivity index (χ3n) is 1.40. The maximum atomic E-state index is 8.28. The van der Waals surface area contributed by atoms with E-state index in [4.69, 9.17) is 21.6 Å². The lowest BCUT2D eigenvalue weighted by molar-refractivity contribution is 0.0789. The van der Waals surface area contributed by atoms with Gasteiger partial charge in [0.05, 0.1) is 12.5 Å². The molecule has 0 aromatic carbocycles. The van der Waals surface area contributed by atoms with Crippen molar-refractivity contribution in [2.45, 2.75) is 24.3 Å². The number of ether oxygens (including phenoxy) is 1. The predicted molar refractivity (Wildman–Crippen MR) is 34.0 cm³/mol. The minimum Gasteiger partial charge on any atom is -0.359 e. The van der Waals surface area contributed by atoms with Crippen LogP contribution >= 0.6 is 11.6 Å². The average molecular weight is 146 g/mol. The molecule has 0 amide bonds. The summed E-state index contributed by atoms with van der Waals surface area (Å²) in [6.45, 7) is 0.700. The molecule has 3 heteroatoms. The Bertz CT molecular complexity index is 134. The molecule has 0 N–H and O–H groups in total. The van der Waals surface area contributed by atoms with Crippen molar-refractivity contribution in [2.75, 3.05) is 6.61 Å². The number of nitrogens with zero attached hydrogens (tertiary/aromatic N) is 1. The Kier molecular flexibility index (Phi) is 1.94. The first kappa shape index (κ1) is 6.85. The molecule has 50 valence electrons. The van der Waals surface area contributed by atoms with Crippen molar-refractivity contribution in [3.63, 3.8) is 0 Å². The van der Waals surface area contributed by atoms with E-state index in [0.29, 0.717) is 13.0 Å². The third kappa shape index (κ3) is 1.57. The van der Waals surface area contributed by atoms with Gasteiger partial charge in [0.1, 0.15) is 0 Å². The molecule has 0 bridgehead atoms. The van der Waals surface area contributed by atoms with Gasteiger partial charge in [0, 0.05) is 6.61 Å². The molecule has 9 heavy (non-hydrogen) atoms. The summed E-state index contributed by atoms with van der Waals surface area (Å²) in [4.78, 5) is 0. The Hall–Kier alpha value is -0.260. The van der Waals surface area contributed by atoms with Crippen LogP contribution in [-0.4, -0.2) is 11.7 Å². The highest BCUT2D eigenvalue weighted by Crippen LogP contribution is 2.32. The molecular weight excluding hydrogens is 138 g/mol. The summed E-state index contributed by atoms with van der Waals surface area (Å²) in [5.41, 5.74) is 0. The number of halogens is 1. The summed E-state index contributed by atoms with van der Waals surface area (Å²) in [7, 11) is 0. The number of hydrogen-bond acceptors (Lipinski definition) is 2. The Labute approximate surface area is 59.4 Å². The fourth-order valence-electron chi connectivity index (χ4n) is 0.921. The van der Waals surface area contributed by atoms with Gasteiger partial charge < -0.3 is 4.74 Å². The van der Waals surface area contributed by atoms with Crippen molar-refractivity contribution in [3.05, 3.63) is 0 Å². The number of alkyl halides is 1. The van der Waals surface area contributed by atoms with Crippen molar-refractivity contribution >= 4 is 11.6 Å². The largest absolute Gasteiger partial charge is 0.359 e. The molecule has 1 aliphatic heterocycles. The highest BCUT2D eigenvalue weighted by Gasteiger charge is 2.31. The van der Waals surface area contributed by atoms with Crippen molar-refractivity contribution in [1.29, 1.82) is 5.26 Å². The van der Waals surface area contributed by atoms with Crippen molar-refractivity contribution in [3.8, 4) is 6.07 Å². The van der Waals surface area contributed by atoms with E-state index in [0.717, 1.165) is 12.8 Å². The number of rotatable bonds is 1. The summed E-state index contributed by atoms with van der Waals surface area (Å²) < 4.78 is 5.12. The van der Waals surface area contributed by atoms with Crippen LogP contribution in [-0.2, 0) is 4.74 Å². The second-order valence-electron chi connectivity index (χ2n) is 2.17. The maximum absolute atomic E-state index is 8.28. The van der Waals surface area contributed by atoms with Gasteiger partial charge >= 0.3 is 0 Å². The van der Waals surface area contributed by atoms with Crippen LogP contribution in [0, 0.1) is 11.3 Å². The van der Waals surface area contributed by atoms with E-state index in [9.17, 15) is 0 Å². The molecule has 0 aromatic heterocycles. The van der Waals surface area contributed by atoms with Gasteiger partial charge in [-0.25, -0.2) is 0 Å². The second kappa shape index (κ2) is 2.55. The zero-order chi connectivity index (χ0) is 6.74. The molecule has 1 unspecified atom stereocenters. The topological polar surface area (TPSA) is 33.0 Å². The SMILES string of the molecule is N#CCC1(Cl)CCCO1. The van der Waals surface area contributed by atoms with Gasteiger partial charge in [0.15, 0.2) is 5.06 Å². The monoisotopic (exact) mass is 145 g/mol. The Balaban J connectivity index is 2.43. The molecule has 0 aromatic rings. The smallest absolute Gasteiger partial charge is 0.154 e. The zero-order valence-corrected chi connectivity index (χ0v) is 5.82. The first-order valence-corrected chi connectivity index (χ1v) is 3.34. The lowest BCUT2D eigenvalue weighted by Crippen LogP contribution is -2.17. The van der Waals surface area contributed by atoms with Crippen LogP contribution in [0.2, 0.25) is 0 Å². The molecule has 1 fully saturated rings. The minimum atomic E-state index is -0.644. The van der Waals surface area contributed by atoms with Crippen molar-refractivity contribution in [2.24, 2.45) is 0 Å².